The molecule has 4 atom stereocenters. The first-order valence-electron chi connectivity index (χ1n) is 7.29. The van der Waals surface area contributed by atoms with Crippen LogP contribution in [0.25, 0.3) is 4.85 Å². The van der Waals surface area contributed by atoms with Crippen molar-refractivity contribution in [2.24, 2.45) is 16.7 Å². The van der Waals surface area contributed by atoms with Gasteiger partial charge >= 0.3 is 0 Å². The molecule has 0 aromatic heterocycles. The lowest BCUT2D eigenvalue weighted by atomic mass is 9.49. The lowest BCUT2D eigenvalue weighted by Crippen LogP contribution is -2.57. The van der Waals surface area contributed by atoms with E-state index in [0.717, 1.165) is 19.3 Å². The van der Waals surface area contributed by atoms with Gasteiger partial charge < -0.3 is 9.74 Å². The molecule has 0 amide bonds. The number of hydrogen-bond acceptors (Lipinski definition) is 2. The highest BCUT2D eigenvalue weighted by molar-refractivity contribution is 5.91. The van der Waals surface area contributed by atoms with Crippen LogP contribution in [0.1, 0.15) is 46.5 Å². The fourth-order valence-electron chi connectivity index (χ4n) is 4.63. The quantitative estimate of drug-likeness (QED) is 0.679. The number of nitrogens with zero attached hydrogens (tertiary/aromatic N) is 2. The largest absolute Gasteiger partial charge is 0.306 e. The summed E-state index contributed by atoms with van der Waals surface area (Å²) in [6.07, 6.45) is 4.16. The van der Waals surface area contributed by atoms with E-state index in [0.29, 0.717) is 12.0 Å². The van der Waals surface area contributed by atoms with Crippen molar-refractivity contribution in [1.82, 2.24) is 4.90 Å². The summed E-state index contributed by atoms with van der Waals surface area (Å²) in [6.45, 7) is 13.8. The molecule has 2 aliphatic carbocycles. The summed E-state index contributed by atoms with van der Waals surface area (Å²) in [5.74, 6) is 0.606. The van der Waals surface area contributed by atoms with Crippen LogP contribution in [0.4, 0.5) is 0 Å². The van der Waals surface area contributed by atoms with E-state index in [4.69, 9.17) is 6.57 Å². The number of Topliss-reactive ketones (excluding diaryl/α,β-unsaturated/α-hetero) is 1. The summed E-state index contributed by atoms with van der Waals surface area (Å²) in [5.41, 5.74) is -0.195. The molecule has 2 saturated carbocycles. The highest BCUT2D eigenvalue weighted by atomic mass is 16.1. The zero-order valence-corrected chi connectivity index (χ0v) is 12.9. The molecule has 0 saturated heterocycles. The number of carbonyl (C=O) groups is 1. The Morgan fingerprint density at radius 2 is 1.84 bits per heavy atom. The summed E-state index contributed by atoms with van der Waals surface area (Å²) in [6, 6.07) is 0.175. The van der Waals surface area contributed by atoms with Gasteiger partial charge in [0, 0.05) is 17.9 Å². The maximum atomic E-state index is 12.5. The third-order valence-corrected chi connectivity index (χ3v) is 5.69. The van der Waals surface area contributed by atoms with Crippen LogP contribution >= 0.6 is 0 Å². The van der Waals surface area contributed by atoms with Crippen LogP contribution in [0.3, 0.4) is 0 Å². The Balaban J connectivity index is 2.33. The first kappa shape index (κ1) is 14.5. The Bertz CT molecular complexity index is 421. The first-order valence-corrected chi connectivity index (χ1v) is 7.29. The monoisotopic (exact) mass is 262 g/mol. The molecule has 0 aromatic rings. The lowest BCUT2D eigenvalue weighted by Gasteiger charge is -2.54. The second kappa shape index (κ2) is 4.59. The molecule has 0 spiro atoms. The Labute approximate surface area is 117 Å². The smallest absolute Gasteiger partial charge is 0.281 e. The zero-order valence-electron chi connectivity index (χ0n) is 12.9. The normalized spacial score (nSPS) is 41.7. The van der Waals surface area contributed by atoms with Gasteiger partial charge in [-0.05, 0) is 44.7 Å². The van der Waals surface area contributed by atoms with Crippen LogP contribution in [-0.4, -0.2) is 36.9 Å². The van der Waals surface area contributed by atoms with E-state index in [2.05, 4.69) is 44.6 Å². The summed E-state index contributed by atoms with van der Waals surface area (Å²) < 4.78 is 0. The van der Waals surface area contributed by atoms with E-state index in [1.54, 1.807) is 0 Å². The van der Waals surface area contributed by atoms with Crippen molar-refractivity contribution in [2.75, 3.05) is 14.1 Å². The van der Waals surface area contributed by atoms with Gasteiger partial charge in [-0.3, -0.25) is 4.79 Å². The van der Waals surface area contributed by atoms with Crippen LogP contribution in [0, 0.1) is 23.3 Å². The van der Waals surface area contributed by atoms with Gasteiger partial charge in [-0.25, -0.2) is 6.57 Å². The minimum absolute atomic E-state index is 0.139. The van der Waals surface area contributed by atoms with Crippen LogP contribution in [-0.2, 0) is 4.79 Å². The SMILES string of the molecule is [C-]#[N+]C1C[C@]2(C)C[C@@H](N(C)C)CC[C@H]2C(C)(C)C1=O. The topological polar surface area (TPSA) is 24.7 Å². The van der Waals surface area contributed by atoms with Crippen molar-refractivity contribution in [3.8, 4) is 0 Å². The molecular weight excluding hydrogens is 236 g/mol. The molecule has 3 nitrogen and oxygen atoms in total. The Hall–Kier alpha value is -0.880. The molecule has 0 heterocycles. The maximum Gasteiger partial charge on any atom is 0.281 e. The van der Waals surface area contributed by atoms with Crippen molar-refractivity contribution < 1.29 is 4.79 Å². The van der Waals surface area contributed by atoms with Crippen LogP contribution in [0.5, 0.6) is 0 Å². The molecule has 0 N–H and O–H groups in total. The van der Waals surface area contributed by atoms with E-state index in [1.165, 1.54) is 6.42 Å². The Morgan fingerprint density at radius 1 is 1.21 bits per heavy atom. The van der Waals surface area contributed by atoms with Crippen molar-refractivity contribution in [1.29, 1.82) is 0 Å². The highest BCUT2D eigenvalue weighted by Crippen LogP contribution is 2.57. The van der Waals surface area contributed by atoms with Crippen LogP contribution in [0.2, 0.25) is 0 Å². The highest BCUT2D eigenvalue weighted by Gasteiger charge is 2.59. The van der Waals surface area contributed by atoms with Gasteiger partial charge in [0.2, 0.25) is 5.78 Å². The predicted molar refractivity (Wildman–Crippen MR) is 76.7 cm³/mol. The average Bonchev–Trinajstić information content (AvgIpc) is 2.33. The summed E-state index contributed by atoms with van der Waals surface area (Å²) in [4.78, 5) is 18.4. The minimum Gasteiger partial charge on any atom is -0.306 e. The number of rotatable bonds is 1. The second-order valence-electron chi connectivity index (χ2n) is 7.54. The van der Waals surface area contributed by atoms with E-state index >= 15 is 0 Å². The number of fused-ring (bicyclic) bond motifs is 1. The van der Waals surface area contributed by atoms with Gasteiger partial charge in [0.25, 0.3) is 6.04 Å². The van der Waals surface area contributed by atoms with Crippen molar-refractivity contribution in [3.63, 3.8) is 0 Å². The van der Waals surface area contributed by atoms with Gasteiger partial charge in [0.1, 0.15) is 0 Å². The molecule has 2 aliphatic rings. The number of hydrogen-bond donors (Lipinski definition) is 0. The minimum atomic E-state index is -0.419. The molecular formula is C16H26N2O. The molecule has 0 aromatic carbocycles. The number of carbonyl (C=O) groups excluding carboxylic acids is 1. The lowest BCUT2D eigenvalue weighted by molar-refractivity contribution is -0.145. The third-order valence-electron chi connectivity index (χ3n) is 5.69. The molecule has 2 rings (SSSR count). The Kier molecular flexibility index (Phi) is 3.51. The average molecular weight is 262 g/mol. The zero-order chi connectivity index (χ0) is 14.4. The maximum absolute atomic E-state index is 12.5. The summed E-state index contributed by atoms with van der Waals surface area (Å²) in [7, 11) is 4.28. The fourth-order valence-corrected chi connectivity index (χ4v) is 4.63. The summed E-state index contributed by atoms with van der Waals surface area (Å²) >= 11 is 0. The standard InChI is InChI=1S/C16H26N2O/c1-15(2)13-8-7-11(18(5)6)9-16(13,3)10-12(17-4)14(15)19/h11-13H,7-10H2,1-3,5-6H3/t11-,12?,13-,16-/m0/s1. The molecule has 0 aliphatic heterocycles. The summed E-state index contributed by atoms with van der Waals surface area (Å²) in [5, 5.41) is 0. The van der Waals surface area contributed by atoms with Crippen molar-refractivity contribution >= 4 is 5.78 Å². The molecule has 3 heteroatoms. The van der Waals surface area contributed by atoms with E-state index in [9.17, 15) is 4.79 Å². The predicted octanol–water partition coefficient (Wildman–Crippen LogP) is 3.01. The van der Waals surface area contributed by atoms with Gasteiger partial charge in [-0.2, -0.15) is 0 Å². The van der Waals surface area contributed by atoms with Crippen LogP contribution < -0.4 is 0 Å². The van der Waals surface area contributed by atoms with Gasteiger partial charge in [0.05, 0.1) is 0 Å². The van der Waals surface area contributed by atoms with E-state index < -0.39 is 6.04 Å². The molecule has 1 unspecified atom stereocenters. The van der Waals surface area contributed by atoms with E-state index in [1.807, 2.05) is 0 Å². The van der Waals surface area contributed by atoms with Crippen LogP contribution in [0.15, 0.2) is 0 Å². The van der Waals surface area contributed by atoms with Gasteiger partial charge in [-0.15, -0.1) is 0 Å². The molecule has 2 fully saturated rings. The fraction of sp³-hybridized carbons (Fsp3) is 0.875. The number of ketones is 1. The first-order chi connectivity index (χ1) is 8.72. The van der Waals surface area contributed by atoms with E-state index in [-0.39, 0.29) is 16.6 Å². The molecule has 19 heavy (non-hydrogen) atoms. The van der Waals surface area contributed by atoms with Gasteiger partial charge in [0.15, 0.2) is 0 Å². The van der Waals surface area contributed by atoms with Crippen molar-refractivity contribution in [2.45, 2.75) is 58.5 Å². The molecule has 0 bridgehead atoms. The second-order valence-corrected chi connectivity index (χ2v) is 7.54. The molecule has 106 valence electrons. The van der Waals surface area contributed by atoms with Crippen molar-refractivity contribution in [3.05, 3.63) is 11.4 Å². The Morgan fingerprint density at radius 3 is 2.37 bits per heavy atom. The van der Waals surface area contributed by atoms with Gasteiger partial charge in [-0.1, -0.05) is 20.8 Å². The third kappa shape index (κ3) is 2.21. The molecule has 0 radical (unpaired) electrons.